The lowest BCUT2D eigenvalue weighted by Crippen LogP contribution is -2.02. The van der Waals surface area contributed by atoms with E-state index in [9.17, 15) is 4.39 Å². The molecule has 0 radical (unpaired) electrons. The average Bonchev–Trinajstić information content (AvgIpc) is 3.17. The molecule has 2 aromatic heterocycles. The van der Waals surface area contributed by atoms with Crippen molar-refractivity contribution in [3.05, 3.63) is 78.5 Å². The molecule has 0 spiro atoms. The maximum Gasteiger partial charge on any atom is 0.144 e. The molecule has 7 nitrogen and oxygen atoms in total. The lowest BCUT2D eigenvalue weighted by atomic mass is 10.2. The lowest BCUT2D eigenvalue weighted by Gasteiger charge is -2.12. The number of rotatable bonds is 6. The fraction of sp³-hybridized carbons (Fsp3) is 0.125. The minimum atomic E-state index is -0.253. The molecule has 32 heavy (non-hydrogen) atoms. The van der Waals surface area contributed by atoms with Crippen LogP contribution in [0.3, 0.4) is 0 Å². The Morgan fingerprint density at radius 3 is 2.84 bits per heavy atom. The van der Waals surface area contributed by atoms with Gasteiger partial charge in [0.1, 0.15) is 23.7 Å². The van der Waals surface area contributed by atoms with Gasteiger partial charge in [0.2, 0.25) is 0 Å². The van der Waals surface area contributed by atoms with Crippen LogP contribution in [-0.4, -0.2) is 26.4 Å². The highest BCUT2D eigenvalue weighted by molar-refractivity contribution is 5.95. The summed E-state index contributed by atoms with van der Waals surface area (Å²) in [4.78, 5) is 8.73. The van der Waals surface area contributed by atoms with Gasteiger partial charge in [0, 0.05) is 22.5 Å². The van der Waals surface area contributed by atoms with Gasteiger partial charge in [-0.1, -0.05) is 12.1 Å². The first-order valence-electron chi connectivity index (χ1n) is 10.2. The predicted octanol–water partition coefficient (Wildman–Crippen LogP) is 4.89. The molecule has 8 heteroatoms. The smallest absolute Gasteiger partial charge is 0.144 e. The molecule has 5 rings (SSSR count). The van der Waals surface area contributed by atoms with Crippen LogP contribution in [0.2, 0.25) is 0 Å². The van der Waals surface area contributed by atoms with E-state index in [1.165, 1.54) is 18.5 Å². The van der Waals surface area contributed by atoms with Crippen LogP contribution in [0.15, 0.2) is 67.1 Å². The second-order valence-corrected chi connectivity index (χ2v) is 7.39. The van der Waals surface area contributed by atoms with Crippen molar-refractivity contribution in [2.45, 2.75) is 13.5 Å². The molecule has 0 saturated carbocycles. The van der Waals surface area contributed by atoms with Gasteiger partial charge in [-0.3, -0.25) is 4.68 Å². The van der Waals surface area contributed by atoms with Gasteiger partial charge >= 0.3 is 0 Å². The van der Waals surface area contributed by atoms with E-state index >= 15 is 0 Å². The monoisotopic (exact) mass is 428 g/mol. The highest BCUT2D eigenvalue weighted by Crippen LogP contribution is 2.32. The summed E-state index contributed by atoms with van der Waals surface area (Å²) in [6.07, 6.45) is 3.30. The molecule has 0 fully saturated rings. The average molecular weight is 428 g/mol. The van der Waals surface area contributed by atoms with Gasteiger partial charge < -0.3 is 15.8 Å². The first kappa shape index (κ1) is 19.7. The van der Waals surface area contributed by atoms with E-state index in [0.29, 0.717) is 30.4 Å². The minimum Gasteiger partial charge on any atom is -0.492 e. The third-order valence-corrected chi connectivity index (χ3v) is 5.19. The van der Waals surface area contributed by atoms with Crippen molar-refractivity contribution in [2.75, 3.05) is 17.7 Å². The predicted molar refractivity (Wildman–Crippen MR) is 124 cm³/mol. The van der Waals surface area contributed by atoms with Crippen molar-refractivity contribution in [3.8, 4) is 5.75 Å². The van der Waals surface area contributed by atoms with Crippen molar-refractivity contribution in [3.63, 3.8) is 0 Å². The van der Waals surface area contributed by atoms with Crippen LogP contribution in [0.1, 0.15) is 12.5 Å². The molecule has 3 N–H and O–H groups in total. The maximum absolute atomic E-state index is 13.5. The Balaban J connectivity index is 1.45. The topological polar surface area (TPSA) is 90.9 Å². The highest BCUT2D eigenvalue weighted by Gasteiger charge is 2.11. The van der Waals surface area contributed by atoms with Gasteiger partial charge in [0.25, 0.3) is 0 Å². The van der Waals surface area contributed by atoms with Crippen LogP contribution in [0.25, 0.3) is 21.8 Å². The van der Waals surface area contributed by atoms with Gasteiger partial charge in [0.15, 0.2) is 0 Å². The number of nitrogens with one attached hydrogen (secondary N) is 1. The number of hydrogen-bond donors (Lipinski definition) is 2. The third kappa shape index (κ3) is 3.78. The largest absolute Gasteiger partial charge is 0.492 e. The van der Waals surface area contributed by atoms with Crippen molar-refractivity contribution in [1.82, 2.24) is 19.7 Å². The number of fused-ring (bicyclic) bond motifs is 2. The Labute approximate surface area is 183 Å². The second-order valence-electron chi connectivity index (χ2n) is 7.39. The fourth-order valence-electron chi connectivity index (χ4n) is 3.72. The molecule has 0 bridgehead atoms. The molecule has 160 valence electrons. The Bertz CT molecular complexity index is 1430. The standard InChI is InChI=1S/C24H21FN6O/c1-2-32-23-11-21-19(10-20(23)26)24(28-14-27-21)30-18-6-7-22-16(9-18)12-29-31(22)13-15-4-3-5-17(25)8-15/h3-12,14H,2,13,26H2,1H3,(H,27,28,30). The van der Waals surface area contributed by atoms with E-state index in [1.807, 2.05) is 48.0 Å². The summed E-state index contributed by atoms with van der Waals surface area (Å²) >= 11 is 0. The molecule has 0 aliphatic rings. The van der Waals surface area contributed by atoms with Crippen LogP contribution >= 0.6 is 0 Å². The molecule has 0 aliphatic carbocycles. The van der Waals surface area contributed by atoms with Crippen molar-refractivity contribution in [1.29, 1.82) is 0 Å². The molecule has 5 aromatic rings. The molecule has 0 saturated heterocycles. The number of nitrogen functional groups attached to an aromatic ring is 1. The Hall–Kier alpha value is -4.20. The normalized spacial score (nSPS) is 11.2. The summed E-state index contributed by atoms with van der Waals surface area (Å²) in [6, 6.07) is 16.1. The summed E-state index contributed by atoms with van der Waals surface area (Å²) in [6.45, 7) is 2.93. The number of halogens is 1. The fourth-order valence-corrected chi connectivity index (χ4v) is 3.72. The number of hydrogen-bond acceptors (Lipinski definition) is 6. The van der Waals surface area contributed by atoms with Crippen molar-refractivity contribution in [2.24, 2.45) is 0 Å². The summed E-state index contributed by atoms with van der Waals surface area (Å²) in [7, 11) is 0. The number of aromatic nitrogens is 4. The maximum atomic E-state index is 13.5. The summed E-state index contributed by atoms with van der Waals surface area (Å²) in [5.74, 6) is 1.00. The molecule has 0 unspecified atom stereocenters. The SMILES string of the molecule is CCOc1cc2ncnc(Nc3ccc4c(cnn4Cc4cccc(F)c4)c3)c2cc1N. The number of ether oxygens (including phenoxy) is 1. The van der Waals surface area contributed by atoms with E-state index in [2.05, 4.69) is 20.4 Å². The molecule has 2 heterocycles. The second kappa shape index (κ2) is 8.14. The summed E-state index contributed by atoms with van der Waals surface area (Å²) < 4.78 is 20.9. The molecular weight excluding hydrogens is 407 g/mol. The third-order valence-electron chi connectivity index (χ3n) is 5.19. The van der Waals surface area contributed by atoms with E-state index in [0.717, 1.165) is 33.1 Å². The Kier molecular flexibility index (Phi) is 5.03. The van der Waals surface area contributed by atoms with E-state index in [1.54, 1.807) is 12.3 Å². The van der Waals surface area contributed by atoms with Gasteiger partial charge in [0.05, 0.1) is 36.1 Å². The molecule has 0 amide bonds. The zero-order valence-electron chi connectivity index (χ0n) is 17.4. The van der Waals surface area contributed by atoms with Gasteiger partial charge in [-0.15, -0.1) is 0 Å². The van der Waals surface area contributed by atoms with Gasteiger partial charge in [-0.05, 0) is 48.9 Å². The zero-order valence-corrected chi connectivity index (χ0v) is 17.4. The quantitative estimate of drug-likeness (QED) is 0.374. The van der Waals surface area contributed by atoms with E-state index in [-0.39, 0.29) is 5.82 Å². The first-order valence-corrected chi connectivity index (χ1v) is 10.2. The number of benzene rings is 3. The van der Waals surface area contributed by atoms with Crippen molar-refractivity contribution >= 4 is 39.0 Å². The van der Waals surface area contributed by atoms with E-state index in [4.69, 9.17) is 10.5 Å². The Morgan fingerprint density at radius 1 is 1.09 bits per heavy atom. The lowest BCUT2D eigenvalue weighted by molar-refractivity contribution is 0.342. The van der Waals surface area contributed by atoms with Crippen LogP contribution in [0, 0.1) is 5.82 Å². The minimum absolute atomic E-state index is 0.253. The highest BCUT2D eigenvalue weighted by atomic mass is 19.1. The van der Waals surface area contributed by atoms with Crippen LogP contribution < -0.4 is 15.8 Å². The van der Waals surface area contributed by atoms with Crippen LogP contribution in [0.5, 0.6) is 5.75 Å². The van der Waals surface area contributed by atoms with Crippen LogP contribution in [-0.2, 0) is 6.54 Å². The first-order chi connectivity index (χ1) is 15.6. The van der Waals surface area contributed by atoms with Crippen LogP contribution in [0.4, 0.5) is 21.6 Å². The molecule has 0 aliphatic heterocycles. The zero-order chi connectivity index (χ0) is 22.1. The molecule has 3 aromatic carbocycles. The summed E-state index contributed by atoms with van der Waals surface area (Å²) in [5, 5.41) is 9.58. The van der Waals surface area contributed by atoms with Gasteiger partial charge in [-0.25, -0.2) is 14.4 Å². The number of anilines is 3. The summed E-state index contributed by atoms with van der Waals surface area (Å²) in [5.41, 5.74) is 10.1. The van der Waals surface area contributed by atoms with E-state index < -0.39 is 0 Å². The van der Waals surface area contributed by atoms with Crippen molar-refractivity contribution < 1.29 is 9.13 Å². The Morgan fingerprint density at radius 2 is 2.00 bits per heavy atom. The number of nitrogens with two attached hydrogens (primary N) is 1. The molecule has 0 atom stereocenters. The molecular formula is C24H21FN6O. The van der Waals surface area contributed by atoms with Gasteiger partial charge in [-0.2, -0.15) is 5.10 Å². The number of nitrogens with zero attached hydrogens (tertiary/aromatic N) is 4.